The van der Waals surface area contributed by atoms with E-state index in [9.17, 15) is 9.59 Å². The van der Waals surface area contributed by atoms with Gasteiger partial charge in [-0.3, -0.25) is 4.79 Å². The highest BCUT2D eigenvalue weighted by molar-refractivity contribution is 5.85. The van der Waals surface area contributed by atoms with Gasteiger partial charge >= 0.3 is 6.09 Å². The Bertz CT molecular complexity index is 526. The zero-order chi connectivity index (χ0) is 22.6. The molecule has 2 N–H and O–H groups in total. The van der Waals surface area contributed by atoms with E-state index in [2.05, 4.69) is 10.6 Å². The van der Waals surface area contributed by atoms with Crippen LogP contribution in [0.1, 0.15) is 70.8 Å². The fourth-order valence-corrected chi connectivity index (χ4v) is 1.59. The van der Waals surface area contributed by atoms with Crippen molar-refractivity contribution in [2.24, 2.45) is 11.8 Å². The van der Waals surface area contributed by atoms with Crippen molar-refractivity contribution < 1.29 is 23.9 Å². The molecule has 0 fully saturated rings. The van der Waals surface area contributed by atoms with Gasteiger partial charge in [-0.25, -0.2) is 4.79 Å². The van der Waals surface area contributed by atoms with Gasteiger partial charge < -0.3 is 15.4 Å². The SMILES string of the molecule is [2H]C([2H])([2H])C([2H])(CCNC(=O)[C@H](CC(C)C)NC(=O)OC(C)(C)C)C([2H])([2H])[2H]. The Morgan fingerprint density at radius 2 is 1.90 bits per heavy atom. The number of carbonyl (C=O) groups excluding carboxylic acids is 2. The molecule has 0 saturated heterocycles. The summed E-state index contributed by atoms with van der Waals surface area (Å²) >= 11 is 0. The Hall–Kier alpha value is -1.26. The van der Waals surface area contributed by atoms with Gasteiger partial charge in [0.05, 0.1) is 0 Å². The molecule has 2 amide bonds. The number of hydrogen-bond acceptors (Lipinski definition) is 3. The number of nitrogens with one attached hydrogen (secondary N) is 2. The first kappa shape index (κ1) is 10.5. The van der Waals surface area contributed by atoms with Crippen LogP contribution in [0.2, 0.25) is 0 Å². The highest BCUT2D eigenvalue weighted by Crippen LogP contribution is 2.09. The Balaban J connectivity index is 5.07. The van der Waals surface area contributed by atoms with Crippen molar-refractivity contribution in [3.8, 4) is 0 Å². The summed E-state index contributed by atoms with van der Waals surface area (Å²) < 4.78 is 57.4. The van der Waals surface area contributed by atoms with E-state index in [-0.39, 0.29) is 12.5 Å². The molecule has 0 heterocycles. The molecule has 0 aromatic heterocycles. The molecule has 124 valence electrons. The number of hydrogen-bond donors (Lipinski definition) is 2. The average Bonchev–Trinajstić information content (AvgIpc) is 2.41. The van der Waals surface area contributed by atoms with Gasteiger partial charge in [-0.15, -0.1) is 0 Å². The molecule has 0 radical (unpaired) electrons. The Labute approximate surface area is 139 Å². The monoisotopic (exact) mass is 307 g/mol. The largest absolute Gasteiger partial charge is 0.444 e. The lowest BCUT2D eigenvalue weighted by atomic mass is 10.0. The summed E-state index contributed by atoms with van der Waals surface area (Å²) in [4.78, 5) is 24.4. The van der Waals surface area contributed by atoms with E-state index >= 15 is 0 Å². The predicted molar refractivity (Wildman–Crippen MR) is 85.1 cm³/mol. The van der Waals surface area contributed by atoms with E-state index in [1.165, 1.54) is 0 Å². The van der Waals surface area contributed by atoms with Crippen LogP contribution >= 0.6 is 0 Å². The second-order valence-electron chi connectivity index (χ2n) is 6.35. The number of alkyl carbamates (subject to hydrolysis) is 1. The lowest BCUT2D eigenvalue weighted by Gasteiger charge is -2.24. The molecule has 0 aliphatic heterocycles. The molecule has 5 heteroatoms. The van der Waals surface area contributed by atoms with Gasteiger partial charge in [-0.1, -0.05) is 27.6 Å². The smallest absolute Gasteiger partial charge is 0.408 e. The molecule has 0 aromatic carbocycles. The molecule has 21 heavy (non-hydrogen) atoms. The molecule has 0 aliphatic carbocycles. The van der Waals surface area contributed by atoms with Crippen LogP contribution in [-0.2, 0) is 9.53 Å². The molecule has 0 aromatic rings. The topological polar surface area (TPSA) is 67.4 Å². The normalized spacial score (nSPS) is 19.8. The van der Waals surface area contributed by atoms with E-state index in [4.69, 9.17) is 14.3 Å². The van der Waals surface area contributed by atoms with E-state index in [1.807, 2.05) is 13.8 Å². The third-order valence-electron chi connectivity index (χ3n) is 2.39. The van der Waals surface area contributed by atoms with Gasteiger partial charge in [0, 0.05) is 16.1 Å². The van der Waals surface area contributed by atoms with E-state index in [0.717, 1.165) is 0 Å². The van der Waals surface area contributed by atoms with Crippen LogP contribution in [0.4, 0.5) is 4.79 Å². The number of amides is 2. The molecule has 1 atom stereocenters. The third kappa shape index (κ3) is 11.1. The highest BCUT2D eigenvalue weighted by Gasteiger charge is 2.24. The fourth-order valence-electron chi connectivity index (χ4n) is 1.59. The summed E-state index contributed by atoms with van der Waals surface area (Å²) in [6, 6.07) is -0.935. The first-order chi connectivity index (χ1) is 12.3. The first-order valence-electron chi connectivity index (χ1n) is 10.6. The zero-order valence-electron chi connectivity index (χ0n) is 20.5. The molecule has 5 nitrogen and oxygen atoms in total. The fraction of sp³-hybridized carbons (Fsp3) is 0.875. The summed E-state index contributed by atoms with van der Waals surface area (Å²) in [6.45, 7) is 2.34. The van der Waals surface area contributed by atoms with Gasteiger partial charge in [0.15, 0.2) is 0 Å². The maximum atomic E-state index is 12.4. The van der Waals surface area contributed by atoms with Crippen LogP contribution in [0.5, 0.6) is 0 Å². The Morgan fingerprint density at radius 1 is 1.29 bits per heavy atom. The summed E-state index contributed by atoms with van der Waals surface area (Å²) in [5.74, 6) is -3.25. The van der Waals surface area contributed by atoms with Crippen molar-refractivity contribution in [3.05, 3.63) is 0 Å². The van der Waals surface area contributed by atoms with Crippen LogP contribution in [0.25, 0.3) is 0 Å². The first-order valence-corrected chi connectivity index (χ1v) is 7.07. The zero-order valence-corrected chi connectivity index (χ0v) is 13.5. The highest BCUT2D eigenvalue weighted by atomic mass is 16.6. The van der Waals surface area contributed by atoms with Gasteiger partial charge in [0.25, 0.3) is 0 Å². The lowest BCUT2D eigenvalue weighted by Crippen LogP contribution is -2.49. The van der Waals surface area contributed by atoms with Crippen LogP contribution in [0.3, 0.4) is 0 Å². The molecule has 0 spiro atoms. The minimum atomic E-state index is -3.05. The van der Waals surface area contributed by atoms with Crippen LogP contribution < -0.4 is 10.6 Å². The maximum absolute atomic E-state index is 12.4. The van der Waals surface area contributed by atoms with Crippen molar-refractivity contribution in [1.29, 1.82) is 0 Å². The summed E-state index contributed by atoms with van der Waals surface area (Å²) in [5, 5.41) is 4.90. The molecule has 0 rings (SSSR count). The molecule has 0 saturated carbocycles. The standard InChI is InChI=1S/C16H32N2O3/c1-11(2)8-9-17-14(19)13(10-12(3)4)18-15(20)21-16(5,6)7/h11-13H,8-10H2,1-7H3,(H,17,19)(H,18,20)/t13-/m0/s1/i1D3,2D3,11D. The van der Waals surface area contributed by atoms with Crippen LogP contribution in [0, 0.1) is 11.8 Å². The minimum Gasteiger partial charge on any atom is -0.444 e. The second-order valence-corrected chi connectivity index (χ2v) is 6.35. The van der Waals surface area contributed by atoms with E-state index in [1.54, 1.807) is 20.8 Å². The van der Waals surface area contributed by atoms with Gasteiger partial charge in [0.2, 0.25) is 5.91 Å². The lowest BCUT2D eigenvalue weighted by molar-refractivity contribution is -0.123. The predicted octanol–water partition coefficient (Wildman–Crippen LogP) is 3.09. The van der Waals surface area contributed by atoms with Crippen molar-refractivity contribution in [2.75, 3.05) is 6.54 Å². The van der Waals surface area contributed by atoms with Crippen molar-refractivity contribution in [1.82, 2.24) is 10.6 Å². The second kappa shape index (κ2) is 8.90. The maximum Gasteiger partial charge on any atom is 0.408 e. The van der Waals surface area contributed by atoms with Gasteiger partial charge in [-0.2, -0.15) is 0 Å². The molecule has 0 aliphatic rings. The Kier molecular flexibility index (Phi) is 4.44. The quantitative estimate of drug-likeness (QED) is 0.759. The van der Waals surface area contributed by atoms with Gasteiger partial charge in [0.1, 0.15) is 11.6 Å². The van der Waals surface area contributed by atoms with Crippen LogP contribution in [0.15, 0.2) is 0 Å². The van der Waals surface area contributed by atoms with Crippen LogP contribution in [-0.4, -0.2) is 30.2 Å². The summed E-state index contributed by atoms with van der Waals surface area (Å²) in [7, 11) is 0. The van der Waals surface area contributed by atoms with Crippen molar-refractivity contribution >= 4 is 12.0 Å². The number of carbonyl (C=O) groups is 2. The molecular formula is C16H32N2O3. The average molecular weight is 307 g/mol. The summed E-state index contributed by atoms with van der Waals surface area (Å²) in [6.07, 6.45) is -1.06. The molecule has 0 unspecified atom stereocenters. The third-order valence-corrected chi connectivity index (χ3v) is 2.39. The number of ether oxygens (including phenoxy) is 1. The van der Waals surface area contributed by atoms with Gasteiger partial charge in [-0.05, 0) is 45.4 Å². The molecular weight excluding hydrogens is 268 g/mol. The Morgan fingerprint density at radius 3 is 2.38 bits per heavy atom. The number of rotatable bonds is 7. The molecule has 0 bridgehead atoms. The van der Waals surface area contributed by atoms with E-state index < -0.39 is 49.7 Å². The minimum absolute atomic E-state index is 0.0608. The summed E-state index contributed by atoms with van der Waals surface area (Å²) in [5.41, 5.74) is -0.743. The van der Waals surface area contributed by atoms with Crippen molar-refractivity contribution in [2.45, 2.75) is 72.8 Å². The van der Waals surface area contributed by atoms with Crippen molar-refractivity contribution in [3.63, 3.8) is 0 Å². The van der Waals surface area contributed by atoms with E-state index in [0.29, 0.717) is 6.42 Å².